The molecule has 0 radical (unpaired) electrons. The zero-order valence-electron chi connectivity index (χ0n) is 10.6. The van der Waals surface area contributed by atoms with E-state index in [-0.39, 0.29) is 0 Å². The van der Waals surface area contributed by atoms with Crippen molar-refractivity contribution in [3.63, 3.8) is 0 Å². The number of hydrogen-bond donors (Lipinski definition) is 0. The van der Waals surface area contributed by atoms with E-state index in [1.807, 2.05) is 0 Å². The lowest BCUT2D eigenvalue weighted by Crippen LogP contribution is -1.99. The van der Waals surface area contributed by atoms with E-state index in [0.29, 0.717) is 5.92 Å². The molecule has 1 aromatic rings. The Bertz CT molecular complexity index is 269. The molecule has 0 heteroatoms. The van der Waals surface area contributed by atoms with Gasteiger partial charge in [0.1, 0.15) is 0 Å². The predicted octanol–water partition coefficient (Wildman–Crippen LogP) is 4.79. The Labute approximate surface area is 94.7 Å². The molecule has 0 aliphatic rings. The molecule has 0 saturated heterocycles. The molecule has 0 N–H and O–H groups in total. The molecule has 0 spiro atoms. The third-order valence-corrected chi connectivity index (χ3v) is 3.01. The van der Waals surface area contributed by atoms with Gasteiger partial charge < -0.3 is 0 Å². The van der Waals surface area contributed by atoms with Gasteiger partial charge in [0.05, 0.1) is 0 Å². The van der Waals surface area contributed by atoms with Gasteiger partial charge in [-0.2, -0.15) is 0 Å². The zero-order valence-corrected chi connectivity index (χ0v) is 10.6. The van der Waals surface area contributed by atoms with E-state index < -0.39 is 0 Å². The highest BCUT2D eigenvalue weighted by molar-refractivity contribution is 5.24. The minimum Gasteiger partial charge on any atom is -0.0654 e. The van der Waals surface area contributed by atoms with Gasteiger partial charge in [0.25, 0.3) is 0 Å². The van der Waals surface area contributed by atoms with Crippen LogP contribution in [0.5, 0.6) is 0 Å². The Hall–Kier alpha value is -0.780. The molecule has 0 aromatic heterocycles. The summed E-state index contributed by atoms with van der Waals surface area (Å²) in [6.07, 6.45) is 3.86. The second kappa shape index (κ2) is 5.95. The van der Waals surface area contributed by atoms with Crippen LogP contribution in [0.15, 0.2) is 24.3 Å². The molecular weight excluding hydrogens is 180 g/mol. The van der Waals surface area contributed by atoms with E-state index in [0.717, 1.165) is 5.92 Å². The Balaban J connectivity index is 2.56. The van der Waals surface area contributed by atoms with Gasteiger partial charge in [-0.1, -0.05) is 64.8 Å². The molecule has 1 atom stereocenters. The average Bonchev–Trinajstić information content (AvgIpc) is 2.18. The van der Waals surface area contributed by atoms with Crippen LogP contribution in [0.4, 0.5) is 0 Å². The van der Waals surface area contributed by atoms with E-state index >= 15 is 0 Å². The molecule has 0 fully saturated rings. The quantitative estimate of drug-likeness (QED) is 0.647. The van der Waals surface area contributed by atoms with Gasteiger partial charge in [0, 0.05) is 0 Å². The molecule has 0 heterocycles. The number of hydrogen-bond acceptors (Lipinski definition) is 0. The summed E-state index contributed by atoms with van der Waals surface area (Å²) in [5, 5.41) is 0. The van der Waals surface area contributed by atoms with Crippen molar-refractivity contribution in [3.8, 4) is 0 Å². The highest BCUT2D eigenvalue weighted by atomic mass is 14.1. The van der Waals surface area contributed by atoms with Crippen molar-refractivity contribution in [1.29, 1.82) is 0 Å². The van der Waals surface area contributed by atoms with E-state index in [1.54, 1.807) is 0 Å². The molecule has 0 saturated carbocycles. The first-order valence-electron chi connectivity index (χ1n) is 6.22. The van der Waals surface area contributed by atoms with Crippen LogP contribution in [0, 0.1) is 5.92 Å². The molecule has 1 unspecified atom stereocenters. The van der Waals surface area contributed by atoms with Gasteiger partial charge >= 0.3 is 0 Å². The molecule has 15 heavy (non-hydrogen) atoms. The third-order valence-electron chi connectivity index (χ3n) is 3.01. The predicted molar refractivity (Wildman–Crippen MR) is 68.3 cm³/mol. The van der Waals surface area contributed by atoms with Crippen molar-refractivity contribution in [1.82, 2.24) is 0 Å². The zero-order chi connectivity index (χ0) is 11.3. The minimum atomic E-state index is 0.645. The minimum absolute atomic E-state index is 0.645. The standard InChI is InChI=1S/C15H24/c1-5-6-13(4)11-14-7-9-15(10-8-14)12(2)3/h7-10,12-13H,5-6,11H2,1-4H3. The largest absolute Gasteiger partial charge is 0.0654 e. The Kier molecular flexibility index (Phi) is 4.87. The maximum absolute atomic E-state index is 2.35. The monoisotopic (exact) mass is 204 g/mol. The van der Waals surface area contributed by atoms with Gasteiger partial charge in [-0.3, -0.25) is 0 Å². The van der Waals surface area contributed by atoms with Crippen LogP contribution in [0.25, 0.3) is 0 Å². The van der Waals surface area contributed by atoms with Gasteiger partial charge in [-0.05, 0) is 29.4 Å². The first kappa shape index (κ1) is 12.3. The third kappa shape index (κ3) is 4.07. The topological polar surface area (TPSA) is 0 Å². The molecule has 0 aliphatic heterocycles. The van der Waals surface area contributed by atoms with Gasteiger partial charge in [-0.15, -0.1) is 0 Å². The van der Waals surface area contributed by atoms with Crippen molar-refractivity contribution >= 4 is 0 Å². The summed E-state index contributed by atoms with van der Waals surface area (Å²) in [4.78, 5) is 0. The summed E-state index contributed by atoms with van der Waals surface area (Å²) in [5.74, 6) is 1.46. The molecule has 84 valence electrons. The first-order chi connectivity index (χ1) is 7.13. The van der Waals surface area contributed by atoms with E-state index in [2.05, 4.69) is 52.0 Å². The Morgan fingerprint density at radius 2 is 1.60 bits per heavy atom. The lowest BCUT2D eigenvalue weighted by Gasteiger charge is -2.11. The lowest BCUT2D eigenvalue weighted by atomic mass is 9.95. The molecule has 0 bridgehead atoms. The van der Waals surface area contributed by atoms with Crippen LogP contribution in [-0.4, -0.2) is 0 Å². The fraction of sp³-hybridized carbons (Fsp3) is 0.600. The van der Waals surface area contributed by atoms with Gasteiger partial charge in [0.15, 0.2) is 0 Å². The fourth-order valence-electron chi connectivity index (χ4n) is 2.04. The normalized spacial score (nSPS) is 13.1. The summed E-state index contributed by atoms with van der Waals surface area (Å²) in [5.41, 5.74) is 2.93. The van der Waals surface area contributed by atoms with Crippen LogP contribution in [-0.2, 0) is 6.42 Å². The molecule has 0 nitrogen and oxygen atoms in total. The summed E-state index contributed by atoms with van der Waals surface area (Å²) in [6.45, 7) is 9.10. The van der Waals surface area contributed by atoms with Crippen molar-refractivity contribution in [2.45, 2.75) is 52.9 Å². The van der Waals surface area contributed by atoms with Gasteiger partial charge in [-0.25, -0.2) is 0 Å². The van der Waals surface area contributed by atoms with Gasteiger partial charge in [0.2, 0.25) is 0 Å². The lowest BCUT2D eigenvalue weighted by molar-refractivity contribution is 0.522. The van der Waals surface area contributed by atoms with E-state index in [1.165, 1.54) is 30.4 Å². The molecule has 0 amide bonds. The second-order valence-electron chi connectivity index (χ2n) is 4.99. The number of rotatable bonds is 5. The highest BCUT2D eigenvalue weighted by Crippen LogP contribution is 2.18. The Morgan fingerprint density at radius 1 is 1.00 bits per heavy atom. The molecule has 1 rings (SSSR count). The highest BCUT2D eigenvalue weighted by Gasteiger charge is 2.03. The SMILES string of the molecule is CCCC(C)Cc1ccc(C(C)C)cc1. The maximum atomic E-state index is 2.35. The summed E-state index contributed by atoms with van der Waals surface area (Å²) in [7, 11) is 0. The van der Waals surface area contributed by atoms with Crippen molar-refractivity contribution in [2.24, 2.45) is 5.92 Å². The maximum Gasteiger partial charge on any atom is -0.0219 e. The van der Waals surface area contributed by atoms with Crippen molar-refractivity contribution in [3.05, 3.63) is 35.4 Å². The fourth-order valence-corrected chi connectivity index (χ4v) is 2.04. The van der Waals surface area contributed by atoms with E-state index in [4.69, 9.17) is 0 Å². The summed E-state index contributed by atoms with van der Waals surface area (Å²) < 4.78 is 0. The molecule has 0 aliphatic carbocycles. The van der Waals surface area contributed by atoms with Crippen LogP contribution >= 0.6 is 0 Å². The first-order valence-corrected chi connectivity index (χ1v) is 6.22. The van der Waals surface area contributed by atoms with E-state index in [9.17, 15) is 0 Å². The molecule has 1 aromatic carbocycles. The second-order valence-corrected chi connectivity index (χ2v) is 4.99. The van der Waals surface area contributed by atoms with Crippen LogP contribution in [0.1, 0.15) is 57.6 Å². The summed E-state index contributed by atoms with van der Waals surface area (Å²) in [6, 6.07) is 9.14. The van der Waals surface area contributed by atoms with Crippen LogP contribution in [0.3, 0.4) is 0 Å². The van der Waals surface area contributed by atoms with Crippen LogP contribution < -0.4 is 0 Å². The number of benzene rings is 1. The van der Waals surface area contributed by atoms with Crippen molar-refractivity contribution < 1.29 is 0 Å². The molecular formula is C15H24. The van der Waals surface area contributed by atoms with Crippen molar-refractivity contribution in [2.75, 3.05) is 0 Å². The van der Waals surface area contributed by atoms with Crippen LogP contribution in [0.2, 0.25) is 0 Å². The Morgan fingerprint density at radius 3 is 2.07 bits per heavy atom. The average molecular weight is 204 g/mol. The summed E-state index contributed by atoms with van der Waals surface area (Å²) >= 11 is 0. The smallest absolute Gasteiger partial charge is 0.0219 e.